The Balaban J connectivity index is 1.30. The van der Waals surface area contributed by atoms with Crippen LogP contribution in [0.3, 0.4) is 0 Å². The lowest BCUT2D eigenvalue weighted by Crippen LogP contribution is -2.44. The first-order chi connectivity index (χ1) is 15.6. The lowest BCUT2D eigenvalue weighted by atomic mass is 9.58. The van der Waals surface area contributed by atoms with Crippen molar-refractivity contribution in [2.24, 2.45) is 5.41 Å². The molecule has 0 atom stereocenters. The fourth-order valence-corrected chi connectivity index (χ4v) is 5.75. The van der Waals surface area contributed by atoms with E-state index in [9.17, 15) is 0 Å². The van der Waals surface area contributed by atoms with Crippen LogP contribution in [0.4, 0.5) is 0 Å². The Kier molecular flexibility index (Phi) is 4.65. The molecule has 164 valence electrons. The van der Waals surface area contributed by atoms with Gasteiger partial charge in [-0.25, -0.2) is 0 Å². The van der Waals surface area contributed by atoms with Crippen molar-refractivity contribution in [3.63, 3.8) is 0 Å². The van der Waals surface area contributed by atoms with Gasteiger partial charge in [0.25, 0.3) is 0 Å². The molecule has 6 nitrogen and oxygen atoms in total. The summed E-state index contributed by atoms with van der Waals surface area (Å²) in [7, 11) is 0. The highest BCUT2D eigenvalue weighted by atomic mass is 16.5. The van der Waals surface area contributed by atoms with Crippen LogP contribution >= 0.6 is 0 Å². The first-order valence-electron chi connectivity index (χ1n) is 11.8. The van der Waals surface area contributed by atoms with Crippen LogP contribution < -0.4 is 5.32 Å². The van der Waals surface area contributed by atoms with Crippen molar-refractivity contribution in [1.82, 2.24) is 25.4 Å². The summed E-state index contributed by atoms with van der Waals surface area (Å²) in [5.41, 5.74) is 7.31. The second kappa shape index (κ2) is 7.55. The zero-order valence-electron chi connectivity index (χ0n) is 18.7. The predicted molar refractivity (Wildman–Crippen MR) is 125 cm³/mol. The van der Waals surface area contributed by atoms with Crippen molar-refractivity contribution >= 4 is 10.9 Å². The van der Waals surface area contributed by atoms with Gasteiger partial charge in [-0.2, -0.15) is 4.98 Å². The summed E-state index contributed by atoms with van der Waals surface area (Å²) < 4.78 is 5.72. The maximum atomic E-state index is 5.72. The fourth-order valence-electron chi connectivity index (χ4n) is 5.75. The van der Waals surface area contributed by atoms with Gasteiger partial charge in [-0.05, 0) is 93.4 Å². The number of aromatic nitrogens is 4. The molecule has 0 bridgehead atoms. The van der Waals surface area contributed by atoms with E-state index in [2.05, 4.69) is 57.7 Å². The average Bonchev–Trinajstić information content (AvgIpc) is 3.42. The number of hydrogen-bond acceptors (Lipinski definition) is 5. The zero-order valence-corrected chi connectivity index (χ0v) is 18.7. The third kappa shape index (κ3) is 3.25. The number of fused-ring (bicyclic) bond motifs is 1. The Morgan fingerprint density at radius 1 is 1.09 bits per heavy atom. The quantitative estimate of drug-likeness (QED) is 0.456. The van der Waals surface area contributed by atoms with Crippen molar-refractivity contribution in [3.05, 3.63) is 53.7 Å². The van der Waals surface area contributed by atoms with Gasteiger partial charge in [0.05, 0.1) is 0 Å². The van der Waals surface area contributed by atoms with Gasteiger partial charge in [0.1, 0.15) is 0 Å². The van der Waals surface area contributed by atoms with Crippen molar-refractivity contribution in [2.75, 3.05) is 13.1 Å². The van der Waals surface area contributed by atoms with E-state index in [0.717, 1.165) is 42.2 Å². The molecule has 2 N–H and O–H groups in total. The number of hydrogen-bond donors (Lipinski definition) is 2. The number of benzene rings is 1. The standard InChI is InChI=1S/C26H29N5O/c1-3-20-21-13-18(4-5-22(21)29-23(20)17-6-9-28-16(2)12-17)24-30-25(32-31-24)19-14-26(15-19)7-10-27-11-8-26/h4-6,9,12-13,19,27,29H,3,7-8,10-11,14-15H2,1-2H3. The summed E-state index contributed by atoms with van der Waals surface area (Å²) >= 11 is 0. The molecule has 2 aliphatic rings. The number of piperidine rings is 1. The number of pyridine rings is 1. The van der Waals surface area contributed by atoms with E-state index in [-0.39, 0.29) is 0 Å². The summed E-state index contributed by atoms with van der Waals surface area (Å²) in [5, 5.41) is 9.04. The van der Waals surface area contributed by atoms with Crippen LogP contribution in [0.15, 0.2) is 41.1 Å². The number of rotatable bonds is 4. The summed E-state index contributed by atoms with van der Waals surface area (Å²) in [6, 6.07) is 10.6. The Bertz CT molecular complexity index is 1270. The minimum Gasteiger partial charge on any atom is -0.354 e. The fraction of sp³-hybridized carbons (Fsp3) is 0.423. The van der Waals surface area contributed by atoms with E-state index < -0.39 is 0 Å². The number of aromatic amines is 1. The monoisotopic (exact) mass is 427 g/mol. The van der Waals surface area contributed by atoms with E-state index in [1.165, 1.54) is 47.9 Å². The van der Waals surface area contributed by atoms with Gasteiger partial charge in [-0.3, -0.25) is 4.98 Å². The molecule has 1 aliphatic carbocycles. The minimum absolute atomic E-state index is 0.415. The molecule has 6 rings (SSSR count). The van der Waals surface area contributed by atoms with Crippen LogP contribution in [0.5, 0.6) is 0 Å². The third-order valence-corrected chi connectivity index (χ3v) is 7.52. The second-order valence-electron chi connectivity index (χ2n) is 9.59. The molecule has 0 amide bonds. The highest BCUT2D eigenvalue weighted by Crippen LogP contribution is 2.55. The van der Waals surface area contributed by atoms with Crippen LogP contribution in [-0.2, 0) is 6.42 Å². The van der Waals surface area contributed by atoms with Crippen molar-refractivity contribution in [1.29, 1.82) is 0 Å². The molecular weight excluding hydrogens is 398 g/mol. The normalized spacial score (nSPS) is 18.3. The molecule has 32 heavy (non-hydrogen) atoms. The lowest BCUT2D eigenvalue weighted by molar-refractivity contribution is 0.0461. The molecule has 4 aromatic rings. The average molecular weight is 428 g/mol. The van der Waals surface area contributed by atoms with E-state index in [0.29, 0.717) is 17.2 Å². The zero-order chi connectivity index (χ0) is 21.7. The first kappa shape index (κ1) is 19.7. The molecule has 1 spiro atoms. The maximum absolute atomic E-state index is 5.72. The summed E-state index contributed by atoms with van der Waals surface area (Å²) in [6.07, 6.45) is 7.72. The van der Waals surface area contributed by atoms with Crippen LogP contribution in [0, 0.1) is 12.3 Å². The summed E-state index contributed by atoms with van der Waals surface area (Å²) in [4.78, 5) is 12.8. The van der Waals surface area contributed by atoms with Gasteiger partial charge in [0.2, 0.25) is 11.7 Å². The first-order valence-corrected chi connectivity index (χ1v) is 11.8. The largest absolute Gasteiger partial charge is 0.354 e. The Morgan fingerprint density at radius 3 is 2.72 bits per heavy atom. The summed E-state index contributed by atoms with van der Waals surface area (Å²) in [6.45, 7) is 6.50. The third-order valence-electron chi connectivity index (χ3n) is 7.52. The van der Waals surface area contributed by atoms with E-state index in [1.807, 2.05) is 13.1 Å². The number of aryl methyl sites for hydroxylation is 2. The molecule has 0 unspecified atom stereocenters. The van der Waals surface area contributed by atoms with Crippen LogP contribution in [0.25, 0.3) is 33.5 Å². The Hall–Kier alpha value is -2.99. The van der Waals surface area contributed by atoms with Gasteiger partial charge in [-0.1, -0.05) is 12.1 Å². The molecule has 1 saturated heterocycles. The molecule has 2 fully saturated rings. The minimum atomic E-state index is 0.415. The van der Waals surface area contributed by atoms with Gasteiger partial charge in [0.15, 0.2) is 0 Å². The smallest absolute Gasteiger partial charge is 0.230 e. The Labute approximate surface area is 187 Å². The van der Waals surface area contributed by atoms with Crippen molar-refractivity contribution in [3.8, 4) is 22.6 Å². The number of H-pyrrole nitrogens is 1. The molecule has 1 aromatic carbocycles. The predicted octanol–water partition coefficient (Wildman–Crippen LogP) is 5.40. The van der Waals surface area contributed by atoms with Gasteiger partial charge in [-0.15, -0.1) is 0 Å². The van der Waals surface area contributed by atoms with Gasteiger partial charge in [0, 0.05) is 45.5 Å². The van der Waals surface area contributed by atoms with E-state index >= 15 is 0 Å². The molecule has 0 radical (unpaired) electrons. The number of nitrogens with zero attached hydrogens (tertiary/aromatic N) is 3. The molecule has 4 heterocycles. The summed E-state index contributed by atoms with van der Waals surface area (Å²) in [5.74, 6) is 1.91. The van der Waals surface area contributed by atoms with Crippen LogP contribution in [0.2, 0.25) is 0 Å². The SMILES string of the molecule is CCc1c(-c2ccnc(C)c2)[nH]c2ccc(-c3noc(C4CC5(CCNCC5)C4)n3)cc12. The maximum Gasteiger partial charge on any atom is 0.230 e. The van der Waals surface area contributed by atoms with Crippen molar-refractivity contribution in [2.45, 2.75) is 51.9 Å². The van der Waals surface area contributed by atoms with E-state index in [1.54, 1.807) is 0 Å². The highest BCUT2D eigenvalue weighted by molar-refractivity contribution is 5.93. The van der Waals surface area contributed by atoms with Gasteiger partial charge >= 0.3 is 0 Å². The van der Waals surface area contributed by atoms with Gasteiger partial charge < -0.3 is 14.8 Å². The lowest BCUT2D eigenvalue weighted by Gasteiger charge is -2.49. The van der Waals surface area contributed by atoms with E-state index in [4.69, 9.17) is 9.51 Å². The topological polar surface area (TPSA) is 79.6 Å². The molecular formula is C26H29N5O. The second-order valence-corrected chi connectivity index (χ2v) is 9.59. The molecule has 3 aromatic heterocycles. The molecule has 6 heteroatoms. The van der Waals surface area contributed by atoms with Crippen LogP contribution in [-0.4, -0.2) is 33.2 Å². The Morgan fingerprint density at radius 2 is 1.94 bits per heavy atom. The molecule has 1 saturated carbocycles. The number of nitrogens with one attached hydrogen (secondary N) is 2. The molecule has 1 aliphatic heterocycles. The highest BCUT2D eigenvalue weighted by Gasteiger charge is 2.47. The van der Waals surface area contributed by atoms with Crippen molar-refractivity contribution < 1.29 is 4.52 Å². The van der Waals surface area contributed by atoms with Crippen LogP contribution in [0.1, 0.15) is 55.7 Å².